The zero-order valence-corrected chi connectivity index (χ0v) is 17.5. The van der Waals surface area contributed by atoms with E-state index in [0.717, 1.165) is 10.0 Å². The first-order valence-corrected chi connectivity index (χ1v) is 11.6. The number of rotatable bonds is 5. The molecule has 5 nitrogen and oxygen atoms in total. The number of carbonyl (C=O) groups excluding carboxylic acids is 1. The Kier molecular flexibility index (Phi) is 6.03. The molecule has 1 heterocycles. The molecule has 0 bridgehead atoms. The summed E-state index contributed by atoms with van der Waals surface area (Å²) in [5.74, 6) is -0.300. The molecule has 0 atom stereocenters. The highest BCUT2D eigenvalue weighted by Gasteiger charge is 2.36. The van der Waals surface area contributed by atoms with Gasteiger partial charge in [-0.2, -0.15) is 0 Å². The van der Waals surface area contributed by atoms with Gasteiger partial charge in [0.15, 0.2) is 9.84 Å². The Balaban J connectivity index is 1.88. The van der Waals surface area contributed by atoms with E-state index in [1.165, 1.54) is 6.26 Å². The quantitative estimate of drug-likeness (QED) is 0.755. The van der Waals surface area contributed by atoms with Crippen LogP contribution < -0.4 is 5.32 Å². The van der Waals surface area contributed by atoms with Crippen molar-refractivity contribution < 1.29 is 17.9 Å². The van der Waals surface area contributed by atoms with Crippen molar-refractivity contribution in [2.24, 2.45) is 0 Å². The lowest BCUT2D eigenvalue weighted by atomic mass is 9.82. The highest BCUT2D eigenvalue weighted by Crippen LogP contribution is 2.34. The van der Waals surface area contributed by atoms with Gasteiger partial charge in [-0.1, -0.05) is 40.2 Å². The lowest BCUT2D eigenvalue weighted by Crippen LogP contribution is -2.49. The Morgan fingerprint density at radius 1 is 1.15 bits per heavy atom. The van der Waals surface area contributed by atoms with Crippen LogP contribution in [-0.2, 0) is 25.9 Å². The van der Waals surface area contributed by atoms with Crippen LogP contribution in [-0.4, -0.2) is 33.8 Å². The van der Waals surface area contributed by atoms with Crippen molar-refractivity contribution in [1.82, 2.24) is 5.32 Å². The van der Waals surface area contributed by atoms with Crippen molar-refractivity contribution in [2.45, 2.75) is 24.1 Å². The van der Waals surface area contributed by atoms with E-state index in [9.17, 15) is 13.2 Å². The third-order valence-electron chi connectivity index (χ3n) is 4.69. The summed E-state index contributed by atoms with van der Waals surface area (Å²) in [6.45, 7) is 1.14. The fraction of sp³-hybridized carbons (Fsp3) is 0.350. The predicted molar refractivity (Wildman–Crippen MR) is 108 cm³/mol. The first-order valence-electron chi connectivity index (χ1n) is 8.70. The first kappa shape index (κ1) is 20.0. The minimum Gasteiger partial charge on any atom is -0.381 e. The SMILES string of the molecule is CS(=O)(=O)Cc1cccc(C(=O)NC2(c3cccc(Br)c3)CCOCC2)c1. The Labute approximate surface area is 168 Å². The molecular formula is C20H22BrNO4S. The van der Waals surface area contributed by atoms with Crippen LogP contribution in [0.2, 0.25) is 0 Å². The number of benzene rings is 2. The van der Waals surface area contributed by atoms with Gasteiger partial charge in [-0.05, 0) is 48.2 Å². The summed E-state index contributed by atoms with van der Waals surface area (Å²) in [7, 11) is -3.16. The summed E-state index contributed by atoms with van der Waals surface area (Å²) < 4.78 is 29.6. The maximum absolute atomic E-state index is 13.0. The minimum absolute atomic E-state index is 0.0846. The summed E-state index contributed by atoms with van der Waals surface area (Å²) in [6, 6.07) is 14.7. The zero-order chi connectivity index (χ0) is 19.5. The number of carbonyl (C=O) groups is 1. The Morgan fingerprint density at radius 2 is 1.85 bits per heavy atom. The van der Waals surface area contributed by atoms with Crippen molar-refractivity contribution in [1.29, 1.82) is 0 Å². The van der Waals surface area contributed by atoms with Crippen molar-refractivity contribution in [2.75, 3.05) is 19.5 Å². The molecule has 1 aliphatic heterocycles. The molecule has 0 saturated carbocycles. The van der Waals surface area contributed by atoms with Gasteiger partial charge in [0.05, 0.1) is 11.3 Å². The molecule has 0 radical (unpaired) electrons. The molecular weight excluding hydrogens is 430 g/mol. The zero-order valence-electron chi connectivity index (χ0n) is 15.1. The van der Waals surface area contributed by atoms with Crippen LogP contribution in [0.15, 0.2) is 53.0 Å². The average Bonchev–Trinajstić information content (AvgIpc) is 2.61. The maximum Gasteiger partial charge on any atom is 0.251 e. The molecule has 1 aliphatic rings. The van der Waals surface area contributed by atoms with Gasteiger partial charge in [0.25, 0.3) is 5.91 Å². The van der Waals surface area contributed by atoms with E-state index in [2.05, 4.69) is 21.2 Å². The standard InChI is InChI=1S/C20H22BrNO4S/c1-27(24,25)14-15-4-2-5-16(12-15)19(23)22-20(8-10-26-11-9-20)17-6-3-7-18(21)13-17/h2-7,12-13H,8-11,14H2,1H3,(H,22,23). The minimum atomic E-state index is -3.16. The summed E-state index contributed by atoms with van der Waals surface area (Å²) in [5, 5.41) is 3.19. The van der Waals surface area contributed by atoms with E-state index in [4.69, 9.17) is 4.74 Å². The monoisotopic (exact) mass is 451 g/mol. The van der Waals surface area contributed by atoms with Crippen LogP contribution in [0, 0.1) is 0 Å². The smallest absolute Gasteiger partial charge is 0.251 e. The highest BCUT2D eigenvalue weighted by atomic mass is 79.9. The van der Waals surface area contributed by atoms with Crippen LogP contribution in [0.25, 0.3) is 0 Å². The molecule has 144 valence electrons. The van der Waals surface area contributed by atoms with Gasteiger partial charge in [0.1, 0.15) is 0 Å². The second kappa shape index (κ2) is 8.12. The van der Waals surface area contributed by atoms with E-state index in [0.29, 0.717) is 37.2 Å². The van der Waals surface area contributed by atoms with Crippen LogP contribution >= 0.6 is 15.9 Å². The van der Waals surface area contributed by atoms with Gasteiger partial charge >= 0.3 is 0 Å². The van der Waals surface area contributed by atoms with Gasteiger partial charge in [0.2, 0.25) is 0 Å². The van der Waals surface area contributed by atoms with Crippen LogP contribution in [0.1, 0.15) is 34.3 Å². The average molecular weight is 452 g/mol. The molecule has 1 amide bonds. The van der Waals surface area contributed by atoms with Gasteiger partial charge in [0, 0.05) is 29.5 Å². The van der Waals surface area contributed by atoms with Crippen LogP contribution in [0.4, 0.5) is 0 Å². The van der Waals surface area contributed by atoms with Gasteiger partial charge in [-0.25, -0.2) is 8.42 Å². The highest BCUT2D eigenvalue weighted by molar-refractivity contribution is 9.10. The Bertz CT molecular complexity index is 937. The molecule has 1 fully saturated rings. The number of sulfone groups is 1. The normalized spacial score (nSPS) is 16.7. The summed E-state index contributed by atoms with van der Waals surface area (Å²) in [6.07, 6.45) is 2.54. The lowest BCUT2D eigenvalue weighted by Gasteiger charge is -2.38. The largest absolute Gasteiger partial charge is 0.381 e. The second-order valence-corrected chi connectivity index (χ2v) is 9.99. The topological polar surface area (TPSA) is 72.5 Å². The molecule has 2 aromatic carbocycles. The van der Waals surface area contributed by atoms with Crippen molar-refractivity contribution in [3.63, 3.8) is 0 Å². The Morgan fingerprint density at radius 3 is 2.52 bits per heavy atom. The molecule has 0 aromatic heterocycles. The van der Waals surface area contributed by atoms with Gasteiger partial charge in [-0.3, -0.25) is 4.79 Å². The molecule has 1 saturated heterocycles. The number of halogens is 1. The summed E-state index contributed by atoms with van der Waals surface area (Å²) >= 11 is 3.50. The summed E-state index contributed by atoms with van der Waals surface area (Å²) in [4.78, 5) is 13.0. The molecule has 0 spiro atoms. The van der Waals surface area contributed by atoms with E-state index in [1.807, 2.05) is 24.3 Å². The number of ether oxygens (including phenoxy) is 1. The summed E-state index contributed by atoms with van der Waals surface area (Å²) in [5.41, 5.74) is 1.58. The molecule has 0 unspecified atom stereocenters. The predicted octanol–water partition coefficient (Wildman–Crippen LogP) is 3.43. The molecule has 0 aliphatic carbocycles. The van der Waals surface area contributed by atoms with Crippen LogP contribution in [0.3, 0.4) is 0 Å². The number of nitrogens with one attached hydrogen (secondary N) is 1. The molecule has 1 N–H and O–H groups in total. The van der Waals surface area contributed by atoms with Crippen molar-refractivity contribution in [3.05, 3.63) is 69.7 Å². The first-order chi connectivity index (χ1) is 12.8. The molecule has 27 heavy (non-hydrogen) atoms. The van der Waals surface area contributed by atoms with E-state index in [1.54, 1.807) is 24.3 Å². The third-order valence-corrected chi connectivity index (χ3v) is 6.05. The van der Waals surface area contributed by atoms with E-state index < -0.39 is 15.4 Å². The van der Waals surface area contributed by atoms with E-state index in [-0.39, 0.29) is 11.7 Å². The molecule has 7 heteroatoms. The fourth-order valence-corrected chi connectivity index (χ4v) is 4.57. The third kappa shape index (κ3) is 5.18. The van der Waals surface area contributed by atoms with Crippen molar-refractivity contribution >= 4 is 31.7 Å². The fourth-order valence-electron chi connectivity index (χ4n) is 3.39. The second-order valence-electron chi connectivity index (χ2n) is 6.93. The number of hydrogen-bond acceptors (Lipinski definition) is 4. The van der Waals surface area contributed by atoms with Crippen molar-refractivity contribution in [3.8, 4) is 0 Å². The lowest BCUT2D eigenvalue weighted by molar-refractivity contribution is 0.0345. The van der Waals surface area contributed by atoms with Gasteiger partial charge < -0.3 is 10.1 Å². The van der Waals surface area contributed by atoms with Crippen LogP contribution in [0.5, 0.6) is 0 Å². The Hall–Kier alpha value is -1.70. The number of amides is 1. The number of hydrogen-bond donors (Lipinski definition) is 1. The van der Waals surface area contributed by atoms with E-state index >= 15 is 0 Å². The molecule has 3 rings (SSSR count). The van der Waals surface area contributed by atoms with Gasteiger partial charge in [-0.15, -0.1) is 0 Å². The molecule has 2 aromatic rings. The maximum atomic E-state index is 13.0.